The molecule has 1 aromatic heterocycles. The van der Waals surface area contributed by atoms with E-state index in [9.17, 15) is 10.1 Å². The van der Waals surface area contributed by atoms with E-state index in [1.165, 1.54) is 7.11 Å². The van der Waals surface area contributed by atoms with Gasteiger partial charge in [0.15, 0.2) is 0 Å². The van der Waals surface area contributed by atoms with Crippen molar-refractivity contribution in [3.8, 4) is 6.07 Å². The molecule has 4 rings (SSSR count). The Morgan fingerprint density at radius 2 is 2.00 bits per heavy atom. The standard InChI is InChI=1S/C25H32BN5O5/c1-15-8-18(9-19(23(32)33-5)21(15)26-35-13-25(3,4)14-36-26)29-24-28-11-16(2)22(31-24)30-20-12-34-7-6-17(20)10-27/h8-9,11,17,20H,6-7,12-14H2,1-5H3,(H2,28,29,30,31). The summed E-state index contributed by atoms with van der Waals surface area (Å²) in [5, 5.41) is 16.0. The number of benzene rings is 1. The molecule has 0 spiro atoms. The Hall–Kier alpha value is -3.20. The van der Waals surface area contributed by atoms with Crippen molar-refractivity contribution < 1.29 is 23.6 Å². The van der Waals surface area contributed by atoms with E-state index in [-0.39, 0.29) is 17.4 Å². The average Bonchev–Trinajstić information content (AvgIpc) is 2.86. The highest BCUT2D eigenvalue weighted by molar-refractivity contribution is 6.63. The summed E-state index contributed by atoms with van der Waals surface area (Å²) < 4.78 is 22.5. The molecule has 10 nitrogen and oxygen atoms in total. The minimum absolute atomic E-state index is 0.0944. The van der Waals surface area contributed by atoms with Gasteiger partial charge in [0.2, 0.25) is 5.95 Å². The van der Waals surface area contributed by atoms with Gasteiger partial charge in [0.25, 0.3) is 0 Å². The normalized spacial score (nSPS) is 21.4. The Labute approximate surface area is 211 Å². The molecular weight excluding hydrogens is 461 g/mol. The largest absolute Gasteiger partial charge is 0.495 e. The van der Waals surface area contributed by atoms with Crippen LogP contribution in [0.1, 0.15) is 41.8 Å². The molecular formula is C25H32BN5O5. The molecule has 2 unspecified atom stereocenters. The van der Waals surface area contributed by atoms with Gasteiger partial charge in [-0.05, 0) is 43.4 Å². The molecule has 2 aliphatic heterocycles. The Bertz CT molecular complexity index is 1160. The van der Waals surface area contributed by atoms with Gasteiger partial charge in [-0.25, -0.2) is 9.78 Å². The summed E-state index contributed by atoms with van der Waals surface area (Å²) in [6, 6.07) is 5.78. The van der Waals surface area contributed by atoms with Crippen molar-refractivity contribution in [1.29, 1.82) is 5.26 Å². The number of rotatable bonds is 6. The molecule has 0 amide bonds. The van der Waals surface area contributed by atoms with Gasteiger partial charge in [-0.1, -0.05) is 13.8 Å². The van der Waals surface area contributed by atoms with E-state index in [0.29, 0.717) is 61.3 Å². The Kier molecular flexibility index (Phi) is 7.78. The van der Waals surface area contributed by atoms with Gasteiger partial charge < -0.3 is 29.4 Å². The molecule has 1 aromatic carbocycles. The van der Waals surface area contributed by atoms with Gasteiger partial charge in [-0.2, -0.15) is 10.2 Å². The molecule has 0 bridgehead atoms. The lowest BCUT2D eigenvalue weighted by molar-refractivity contribution is 0.0339. The van der Waals surface area contributed by atoms with Gasteiger partial charge in [-0.15, -0.1) is 0 Å². The summed E-state index contributed by atoms with van der Waals surface area (Å²) in [6.07, 6.45) is 2.38. The highest BCUT2D eigenvalue weighted by Gasteiger charge is 2.37. The maximum absolute atomic E-state index is 12.7. The summed E-state index contributed by atoms with van der Waals surface area (Å²) in [5.74, 6) is 0.331. The Balaban J connectivity index is 1.59. The number of aromatic nitrogens is 2. The van der Waals surface area contributed by atoms with E-state index >= 15 is 0 Å². The minimum Gasteiger partial charge on any atom is -0.465 e. The van der Waals surface area contributed by atoms with Gasteiger partial charge in [0, 0.05) is 42.7 Å². The van der Waals surface area contributed by atoms with Crippen LogP contribution >= 0.6 is 0 Å². The van der Waals surface area contributed by atoms with Crippen LogP contribution in [0.3, 0.4) is 0 Å². The molecule has 2 N–H and O–H groups in total. The number of aryl methyl sites for hydroxylation is 2. The van der Waals surface area contributed by atoms with Crippen LogP contribution < -0.4 is 16.1 Å². The van der Waals surface area contributed by atoms with E-state index in [4.69, 9.17) is 18.8 Å². The highest BCUT2D eigenvalue weighted by Crippen LogP contribution is 2.26. The summed E-state index contributed by atoms with van der Waals surface area (Å²) in [5.41, 5.74) is 3.19. The quantitative estimate of drug-likeness (QED) is 0.458. The molecule has 0 aliphatic carbocycles. The second-order valence-corrected chi connectivity index (χ2v) is 10.1. The minimum atomic E-state index is -0.654. The number of nitrogens with zero attached hydrogens (tertiary/aromatic N) is 3. The maximum Gasteiger partial charge on any atom is 0.495 e. The summed E-state index contributed by atoms with van der Waals surface area (Å²) in [6.45, 7) is 9.99. The monoisotopic (exact) mass is 493 g/mol. The molecule has 36 heavy (non-hydrogen) atoms. The number of esters is 1. The van der Waals surface area contributed by atoms with Gasteiger partial charge in [-0.3, -0.25) is 0 Å². The number of methoxy groups -OCH3 is 1. The van der Waals surface area contributed by atoms with E-state index in [2.05, 4.69) is 40.5 Å². The van der Waals surface area contributed by atoms with Gasteiger partial charge in [0.05, 0.1) is 37.3 Å². The predicted octanol–water partition coefficient (Wildman–Crippen LogP) is 2.73. The first-order valence-electron chi connectivity index (χ1n) is 12.0. The fourth-order valence-corrected chi connectivity index (χ4v) is 4.31. The van der Waals surface area contributed by atoms with Crippen molar-refractivity contribution in [2.45, 2.75) is 40.2 Å². The van der Waals surface area contributed by atoms with E-state index in [1.54, 1.807) is 12.3 Å². The number of carbonyl (C=O) groups is 1. The van der Waals surface area contributed by atoms with Crippen molar-refractivity contribution in [3.05, 3.63) is 35.0 Å². The van der Waals surface area contributed by atoms with E-state index in [1.807, 2.05) is 19.9 Å². The number of carbonyl (C=O) groups excluding carboxylic acids is 1. The second kappa shape index (κ2) is 10.8. The van der Waals surface area contributed by atoms with Gasteiger partial charge in [0.1, 0.15) is 5.82 Å². The lowest BCUT2D eigenvalue weighted by Crippen LogP contribution is -2.50. The maximum atomic E-state index is 12.7. The number of nitrogens with one attached hydrogen (secondary N) is 2. The predicted molar refractivity (Wildman–Crippen MR) is 136 cm³/mol. The van der Waals surface area contributed by atoms with Gasteiger partial charge >= 0.3 is 13.1 Å². The van der Waals surface area contributed by atoms with Crippen LogP contribution in [-0.4, -0.2) is 62.6 Å². The van der Waals surface area contributed by atoms with Crippen molar-refractivity contribution in [2.24, 2.45) is 11.3 Å². The first-order chi connectivity index (χ1) is 17.2. The molecule has 2 atom stereocenters. The lowest BCUT2D eigenvalue weighted by atomic mass is 9.71. The zero-order chi connectivity index (χ0) is 25.9. The molecule has 11 heteroatoms. The second-order valence-electron chi connectivity index (χ2n) is 10.1. The third-order valence-electron chi connectivity index (χ3n) is 6.35. The molecule has 0 saturated carbocycles. The molecule has 2 saturated heterocycles. The fourth-order valence-electron chi connectivity index (χ4n) is 4.31. The fraction of sp³-hybridized carbons (Fsp3) is 0.520. The summed E-state index contributed by atoms with van der Waals surface area (Å²) in [4.78, 5) is 21.7. The molecule has 2 aliphatic rings. The average molecular weight is 493 g/mol. The van der Waals surface area contributed by atoms with Crippen molar-refractivity contribution in [3.63, 3.8) is 0 Å². The number of anilines is 3. The molecule has 2 fully saturated rings. The van der Waals surface area contributed by atoms with Crippen LogP contribution in [0.5, 0.6) is 0 Å². The summed E-state index contributed by atoms with van der Waals surface area (Å²) in [7, 11) is 0.691. The lowest BCUT2D eigenvalue weighted by Gasteiger charge is -2.34. The number of hydrogen-bond donors (Lipinski definition) is 2. The van der Waals surface area contributed by atoms with Crippen molar-refractivity contribution >= 4 is 36.0 Å². The van der Waals surface area contributed by atoms with Crippen molar-refractivity contribution in [2.75, 3.05) is 44.2 Å². The Morgan fingerprint density at radius 1 is 1.25 bits per heavy atom. The third kappa shape index (κ3) is 5.78. The van der Waals surface area contributed by atoms with Crippen LogP contribution in [-0.2, 0) is 18.8 Å². The SMILES string of the molecule is COC(=O)c1cc(Nc2ncc(C)c(NC3COCCC3C#N)n2)cc(C)c1B1OCC(C)(C)CO1. The van der Waals surface area contributed by atoms with Crippen LogP contribution in [0.15, 0.2) is 18.3 Å². The zero-order valence-electron chi connectivity index (χ0n) is 21.4. The van der Waals surface area contributed by atoms with E-state index in [0.717, 1.165) is 11.1 Å². The Morgan fingerprint density at radius 3 is 2.69 bits per heavy atom. The first kappa shape index (κ1) is 25.9. The van der Waals surface area contributed by atoms with Crippen LogP contribution in [0.25, 0.3) is 0 Å². The van der Waals surface area contributed by atoms with Crippen molar-refractivity contribution in [1.82, 2.24) is 9.97 Å². The number of nitriles is 1. The summed E-state index contributed by atoms with van der Waals surface area (Å²) >= 11 is 0. The molecule has 2 aromatic rings. The number of ether oxygens (including phenoxy) is 2. The molecule has 3 heterocycles. The molecule has 190 valence electrons. The number of hydrogen-bond acceptors (Lipinski definition) is 10. The van der Waals surface area contributed by atoms with Crippen LogP contribution in [0.4, 0.5) is 17.5 Å². The van der Waals surface area contributed by atoms with Crippen LogP contribution in [0, 0.1) is 36.5 Å². The highest BCUT2D eigenvalue weighted by atomic mass is 16.6. The van der Waals surface area contributed by atoms with E-state index < -0.39 is 13.1 Å². The topological polar surface area (TPSA) is 128 Å². The smallest absolute Gasteiger partial charge is 0.465 e. The molecule has 0 radical (unpaired) electrons. The zero-order valence-corrected chi connectivity index (χ0v) is 21.4. The van der Waals surface area contributed by atoms with Crippen LogP contribution in [0.2, 0.25) is 0 Å². The third-order valence-corrected chi connectivity index (χ3v) is 6.35. The first-order valence-corrected chi connectivity index (χ1v) is 12.0.